The Morgan fingerprint density at radius 3 is 2.90 bits per heavy atom. The molecule has 0 aromatic heterocycles. The second kappa shape index (κ2) is 8.64. The predicted octanol–water partition coefficient (Wildman–Crippen LogP) is 0.865. The number of ether oxygens (including phenoxy) is 1. The molecule has 1 amide bonds. The molecule has 2 N–H and O–H groups in total. The van der Waals surface area contributed by atoms with E-state index in [0.717, 1.165) is 31.8 Å². The van der Waals surface area contributed by atoms with Crippen LogP contribution in [0.3, 0.4) is 0 Å². The first-order valence-electron chi connectivity index (χ1n) is 7.69. The Balaban J connectivity index is 1.62. The first-order valence-corrected chi connectivity index (χ1v) is 7.69. The summed E-state index contributed by atoms with van der Waals surface area (Å²) < 4.78 is 5.55. The van der Waals surface area contributed by atoms with Gasteiger partial charge in [0.25, 0.3) is 0 Å². The van der Waals surface area contributed by atoms with Crippen LogP contribution in [-0.2, 0) is 4.79 Å². The number of hydrogen-bond donors (Lipinski definition) is 2. The molecule has 1 aliphatic rings. The first-order chi connectivity index (χ1) is 10.3. The molecule has 1 fully saturated rings. The van der Waals surface area contributed by atoms with Gasteiger partial charge in [0.15, 0.2) is 0 Å². The number of likely N-dealkylation sites (N-methyl/N-ethyl adjacent to an activating group) is 1. The standard InChI is InChI=1S/C16H25N3O2/c1-2-19(14-8-9-17-12-14)13-16(20)18-10-11-21-15-6-4-3-5-7-15/h3-7,14,17H,2,8-13H2,1H3,(H,18,20). The van der Waals surface area contributed by atoms with Crippen LogP contribution in [0, 0.1) is 0 Å². The van der Waals surface area contributed by atoms with Gasteiger partial charge in [0, 0.05) is 12.6 Å². The molecule has 5 heteroatoms. The van der Waals surface area contributed by atoms with Crippen LogP contribution in [0.5, 0.6) is 5.75 Å². The van der Waals surface area contributed by atoms with Crippen molar-refractivity contribution in [3.05, 3.63) is 30.3 Å². The summed E-state index contributed by atoms with van der Waals surface area (Å²) in [5.41, 5.74) is 0. The van der Waals surface area contributed by atoms with Crippen LogP contribution in [-0.4, -0.2) is 56.2 Å². The van der Waals surface area contributed by atoms with Gasteiger partial charge in [-0.25, -0.2) is 0 Å². The number of carbonyl (C=O) groups is 1. The normalized spacial score (nSPS) is 17.9. The number of amides is 1. The molecule has 1 aromatic carbocycles. The third kappa shape index (κ3) is 5.36. The summed E-state index contributed by atoms with van der Waals surface area (Å²) in [7, 11) is 0. The van der Waals surface area contributed by atoms with E-state index in [1.807, 2.05) is 30.3 Å². The van der Waals surface area contributed by atoms with Crippen LogP contribution >= 0.6 is 0 Å². The minimum absolute atomic E-state index is 0.0698. The molecule has 0 radical (unpaired) electrons. The van der Waals surface area contributed by atoms with Crippen molar-refractivity contribution in [3.63, 3.8) is 0 Å². The van der Waals surface area contributed by atoms with Crippen LogP contribution in [0.1, 0.15) is 13.3 Å². The maximum atomic E-state index is 12.0. The van der Waals surface area contributed by atoms with Crippen molar-refractivity contribution in [2.45, 2.75) is 19.4 Å². The lowest BCUT2D eigenvalue weighted by Crippen LogP contribution is -2.44. The van der Waals surface area contributed by atoms with E-state index >= 15 is 0 Å². The lowest BCUT2D eigenvalue weighted by atomic mass is 10.2. The zero-order valence-electron chi connectivity index (χ0n) is 12.7. The Kier molecular flexibility index (Phi) is 6.50. The third-order valence-corrected chi connectivity index (χ3v) is 3.74. The smallest absolute Gasteiger partial charge is 0.234 e. The van der Waals surface area contributed by atoms with Crippen LogP contribution in [0.4, 0.5) is 0 Å². The van der Waals surface area contributed by atoms with Crippen LogP contribution in [0.15, 0.2) is 30.3 Å². The Morgan fingerprint density at radius 2 is 2.24 bits per heavy atom. The van der Waals surface area contributed by atoms with Crippen LogP contribution in [0.25, 0.3) is 0 Å². The molecular weight excluding hydrogens is 266 g/mol. The first kappa shape index (κ1) is 15.8. The molecule has 0 saturated carbocycles. The van der Waals surface area contributed by atoms with Gasteiger partial charge in [0.2, 0.25) is 5.91 Å². The zero-order valence-corrected chi connectivity index (χ0v) is 12.7. The van der Waals surface area contributed by atoms with E-state index in [0.29, 0.717) is 25.7 Å². The van der Waals surface area contributed by atoms with Gasteiger partial charge in [-0.3, -0.25) is 9.69 Å². The van der Waals surface area contributed by atoms with Crippen molar-refractivity contribution in [1.82, 2.24) is 15.5 Å². The fraction of sp³-hybridized carbons (Fsp3) is 0.562. The Bertz CT molecular complexity index is 419. The lowest BCUT2D eigenvalue weighted by molar-refractivity contribution is -0.122. The average molecular weight is 291 g/mol. The molecule has 1 aromatic rings. The summed E-state index contributed by atoms with van der Waals surface area (Å²) in [5, 5.41) is 6.25. The van der Waals surface area contributed by atoms with Crippen LogP contribution in [0.2, 0.25) is 0 Å². The molecule has 1 unspecified atom stereocenters. The minimum Gasteiger partial charge on any atom is -0.492 e. The summed E-state index contributed by atoms with van der Waals surface area (Å²) >= 11 is 0. The van der Waals surface area contributed by atoms with Crippen LogP contribution < -0.4 is 15.4 Å². The third-order valence-electron chi connectivity index (χ3n) is 3.74. The van der Waals surface area contributed by atoms with Gasteiger partial charge in [-0.15, -0.1) is 0 Å². The lowest BCUT2D eigenvalue weighted by Gasteiger charge is -2.26. The highest BCUT2D eigenvalue weighted by Gasteiger charge is 2.22. The van der Waals surface area contributed by atoms with Gasteiger partial charge in [-0.1, -0.05) is 25.1 Å². The van der Waals surface area contributed by atoms with Crippen molar-refractivity contribution in [1.29, 1.82) is 0 Å². The second-order valence-electron chi connectivity index (χ2n) is 5.22. The number of para-hydroxylation sites is 1. The zero-order chi connectivity index (χ0) is 14.9. The SMILES string of the molecule is CCN(CC(=O)NCCOc1ccccc1)C1CCNC1. The van der Waals surface area contributed by atoms with Gasteiger partial charge in [0.1, 0.15) is 12.4 Å². The molecule has 116 valence electrons. The summed E-state index contributed by atoms with van der Waals surface area (Å²) in [4.78, 5) is 14.2. The van der Waals surface area contributed by atoms with Gasteiger partial charge < -0.3 is 15.4 Å². The summed E-state index contributed by atoms with van der Waals surface area (Å²) in [6.45, 7) is 6.53. The molecule has 1 heterocycles. The van der Waals surface area contributed by atoms with Gasteiger partial charge in [-0.05, 0) is 31.6 Å². The molecule has 0 aliphatic carbocycles. The van der Waals surface area contributed by atoms with E-state index in [2.05, 4.69) is 22.5 Å². The molecule has 5 nitrogen and oxygen atoms in total. The van der Waals surface area contributed by atoms with E-state index in [-0.39, 0.29) is 5.91 Å². The largest absolute Gasteiger partial charge is 0.492 e. The van der Waals surface area contributed by atoms with Crippen molar-refractivity contribution >= 4 is 5.91 Å². The monoisotopic (exact) mass is 291 g/mol. The van der Waals surface area contributed by atoms with Crippen molar-refractivity contribution < 1.29 is 9.53 Å². The number of nitrogens with one attached hydrogen (secondary N) is 2. The Morgan fingerprint density at radius 1 is 1.43 bits per heavy atom. The predicted molar refractivity (Wildman–Crippen MR) is 83.5 cm³/mol. The average Bonchev–Trinajstić information content (AvgIpc) is 3.04. The van der Waals surface area contributed by atoms with E-state index < -0.39 is 0 Å². The highest BCUT2D eigenvalue weighted by atomic mass is 16.5. The number of hydrogen-bond acceptors (Lipinski definition) is 4. The molecule has 0 bridgehead atoms. The summed E-state index contributed by atoms with van der Waals surface area (Å²) in [6, 6.07) is 10.1. The number of benzene rings is 1. The van der Waals surface area contributed by atoms with Crippen molar-refractivity contribution in [3.8, 4) is 5.75 Å². The van der Waals surface area contributed by atoms with Gasteiger partial charge >= 0.3 is 0 Å². The van der Waals surface area contributed by atoms with E-state index in [9.17, 15) is 4.79 Å². The fourth-order valence-electron chi connectivity index (χ4n) is 2.57. The Hall–Kier alpha value is -1.59. The highest BCUT2D eigenvalue weighted by molar-refractivity contribution is 5.78. The maximum absolute atomic E-state index is 12.0. The van der Waals surface area contributed by atoms with Crippen molar-refractivity contribution in [2.24, 2.45) is 0 Å². The number of carbonyl (C=O) groups excluding carboxylic acids is 1. The summed E-state index contributed by atoms with van der Waals surface area (Å²) in [6.07, 6.45) is 1.12. The molecular formula is C16H25N3O2. The molecule has 1 saturated heterocycles. The second-order valence-corrected chi connectivity index (χ2v) is 5.22. The van der Waals surface area contributed by atoms with Gasteiger partial charge in [-0.2, -0.15) is 0 Å². The van der Waals surface area contributed by atoms with Gasteiger partial charge in [0.05, 0.1) is 13.1 Å². The van der Waals surface area contributed by atoms with E-state index in [4.69, 9.17) is 4.74 Å². The maximum Gasteiger partial charge on any atom is 0.234 e. The fourth-order valence-corrected chi connectivity index (χ4v) is 2.57. The highest BCUT2D eigenvalue weighted by Crippen LogP contribution is 2.08. The topological polar surface area (TPSA) is 53.6 Å². The number of nitrogens with zero attached hydrogens (tertiary/aromatic N) is 1. The Labute approximate surface area is 126 Å². The molecule has 1 atom stereocenters. The number of rotatable bonds is 8. The molecule has 2 rings (SSSR count). The summed E-state index contributed by atoms with van der Waals surface area (Å²) in [5.74, 6) is 0.902. The quantitative estimate of drug-likeness (QED) is 0.698. The molecule has 21 heavy (non-hydrogen) atoms. The van der Waals surface area contributed by atoms with E-state index in [1.54, 1.807) is 0 Å². The molecule has 1 aliphatic heterocycles. The molecule has 0 spiro atoms. The minimum atomic E-state index is 0.0698. The van der Waals surface area contributed by atoms with E-state index in [1.165, 1.54) is 0 Å². The van der Waals surface area contributed by atoms with Crippen molar-refractivity contribution in [2.75, 3.05) is 39.3 Å².